The number of fused-ring (bicyclic) bond motifs is 1. The van der Waals surface area contributed by atoms with Crippen molar-refractivity contribution in [2.75, 3.05) is 12.5 Å². The average molecular weight is 306 g/mol. The lowest BCUT2D eigenvalue weighted by Gasteiger charge is -2.21. The van der Waals surface area contributed by atoms with Crippen molar-refractivity contribution in [2.24, 2.45) is 0 Å². The fourth-order valence-corrected chi connectivity index (χ4v) is 2.60. The van der Waals surface area contributed by atoms with E-state index in [-0.39, 0.29) is 6.79 Å². The molecule has 2 aromatic carbocycles. The van der Waals surface area contributed by atoms with E-state index in [0.29, 0.717) is 29.7 Å². The molecule has 0 spiro atoms. The molecule has 0 bridgehead atoms. The second kappa shape index (κ2) is 5.84. The highest BCUT2D eigenvalue weighted by Gasteiger charge is 2.16. The van der Waals surface area contributed by atoms with E-state index in [1.807, 2.05) is 37.3 Å². The molecule has 5 heteroatoms. The molecule has 0 atom stereocenters. The minimum atomic E-state index is 0.245. The quantitative estimate of drug-likeness (QED) is 0.879. The number of rotatable bonds is 3. The van der Waals surface area contributed by atoms with Crippen LogP contribution in [0.1, 0.15) is 16.7 Å². The SMILES string of the molecule is Cc1ccc(OCc2cc(N)cc3c2OCOC3)c(Cl)c1. The van der Waals surface area contributed by atoms with Crippen molar-refractivity contribution in [3.05, 3.63) is 52.0 Å². The van der Waals surface area contributed by atoms with Crippen LogP contribution in [0.3, 0.4) is 0 Å². The summed E-state index contributed by atoms with van der Waals surface area (Å²) in [5, 5.41) is 0.594. The van der Waals surface area contributed by atoms with E-state index in [4.69, 9.17) is 31.5 Å². The van der Waals surface area contributed by atoms with E-state index in [9.17, 15) is 0 Å². The lowest BCUT2D eigenvalue weighted by molar-refractivity contribution is -0.0175. The predicted molar refractivity (Wildman–Crippen MR) is 81.7 cm³/mol. The topological polar surface area (TPSA) is 53.7 Å². The van der Waals surface area contributed by atoms with Gasteiger partial charge in [-0.1, -0.05) is 17.7 Å². The van der Waals surface area contributed by atoms with Gasteiger partial charge in [0.25, 0.3) is 0 Å². The van der Waals surface area contributed by atoms with E-state index in [1.165, 1.54) is 0 Å². The van der Waals surface area contributed by atoms with Gasteiger partial charge < -0.3 is 19.9 Å². The average Bonchev–Trinajstić information content (AvgIpc) is 2.46. The molecule has 21 heavy (non-hydrogen) atoms. The molecule has 0 fully saturated rings. The molecule has 0 aromatic heterocycles. The molecule has 0 saturated carbocycles. The Hall–Kier alpha value is -1.91. The van der Waals surface area contributed by atoms with Gasteiger partial charge in [-0.3, -0.25) is 0 Å². The number of aryl methyl sites for hydroxylation is 1. The van der Waals surface area contributed by atoms with Crippen LogP contribution >= 0.6 is 11.6 Å². The second-order valence-corrected chi connectivity index (χ2v) is 5.41. The standard InChI is InChI=1S/C16H16ClNO3/c1-10-2-3-15(14(17)4-10)20-8-12-6-13(18)5-11-7-19-9-21-16(11)12/h2-6H,7-9,18H2,1H3. The zero-order valence-corrected chi connectivity index (χ0v) is 12.4. The fourth-order valence-electron chi connectivity index (χ4n) is 2.31. The Kier molecular flexibility index (Phi) is 3.90. The fraction of sp³-hybridized carbons (Fsp3) is 0.250. The molecular formula is C16H16ClNO3. The van der Waals surface area contributed by atoms with E-state index in [0.717, 1.165) is 22.4 Å². The number of hydrogen-bond acceptors (Lipinski definition) is 4. The summed E-state index contributed by atoms with van der Waals surface area (Å²) in [6.45, 7) is 3.07. The van der Waals surface area contributed by atoms with Crippen LogP contribution in [0.15, 0.2) is 30.3 Å². The van der Waals surface area contributed by atoms with Crippen LogP contribution in [0.4, 0.5) is 5.69 Å². The smallest absolute Gasteiger partial charge is 0.189 e. The maximum absolute atomic E-state index is 6.17. The largest absolute Gasteiger partial charge is 0.487 e. The number of anilines is 1. The van der Waals surface area contributed by atoms with E-state index in [1.54, 1.807) is 0 Å². The molecule has 1 aliphatic rings. The van der Waals surface area contributed by atoms with Crippen molar-refractivity contribution in [1.29, 1.82) is 0 Å². The molecule has 1 aliphatic heterocycles. The Morgan fingerprint density at radius 3 is 2.95 bits per heavy atom. The number of nitrogens with two attached hydrogens (primary N) is 1. The summed E-state index contributed by atoms with van der Waals surface area (Å²) in [4.78, 5) is 0. The first-order chi connectivity index (χ1) is 10.1. The predicted octanol–water partition coefficient (Wildman–Crippen LogP) is 3.68. The zero-order valence-electron chi connectivity index (χ0n) is 11.7. The van der Waals surface area contributed by atoms with Crippen LogP contribution in [0, 0.1) is 6.92 Å². The van der Waals surface area contributed by atoms with Gasteiger partial charge in [0.15, 0.2) is 6.79 Å². The lowest BCUT2D eigenvalue weighted by atomic mass is 10.1. The molecule has 3 rings (SSSR count). The molecule has 0 saturated heterocycles. The van der Waals surface area contributed by atoms with Gasteiger partial charge in [-0.15, -0.1) is 0 Å². The summed E-state index contributed by atoms with van der Waals surface area (Å²) >= 11 is 6.17. The van der Waals surface area contributed by atoms with Gasteiger partial charge >= 0.3 is 0 Å². The van der Waals surface area contributed by atoms with Gasteiger partial charge in [0.1, 0.15) is 18.1 Å². The number of benzene rings is 2. The third-order valence-electron chi connectivity index (χ3n) is 3.28. The van der Waals surface area contributed by atoms with Crippen molar-refractivity contribution >= 4 is 17.3 Å². The summed E-state index contributed by atoms with van der Waals surface area (Å²) < 4.78 is 16.6. The number of hydrogen-bond donors (Lipinski definition) is 1. The molecular weight excluding hydrogens is 290 g/mol. The molecule has 0 radical (unpaired) electrons. The number of halogens is 1. The minimum absolute atomic E-state index is 0.245. The summed E-state index contributed by atoms with van der Waals surface area (Å²) in [5.41, 5.74) is 9.50. The molecule has 1 heterocycles. The third kappa shape index (κ3) is 3.06. The Morgan fingerprint density at radius 1 is 1.29 bits per heavy atom. The maximum Gasteiger partial charge on any atom is 0.189 e. The first-order valence-electron chi connectivity index (χ1n) is 6.64. The van der Waals surface area contributed by atoms with Gasteiger partial charge in [-0.2, -0.15) is 0 Å². The van der Waals surface area contributed by atoms with Crippen LogP contribution in [-0.4, -0.2) is 6.79 Å². The van der Waals surface area contributed by atoms with Gasteiger partial charge in [0.2, 0.25) is 0 Å². The summed E-state index contributed by atoms with van der Waals surface area (Å²) in [7, 11) is 0. The van der Waals surface area contributed by atoms with E-state index in [2.05, 4.69) is 0 Å². The van der Waals surface area contributed by atoms with E-state index < -0.39 is 0 Å². The van der Waals surface area contributed by atoms with Crippen LogP contribution in [0.5, 0.6) is 11.5 Å². The highest BCUT2D eigenvalue weighted by Crippen LogP contribution is 2.32. The van der Waals surface area contributed by atoms with Gasteiger partial charge in [-0.05, 0) is 36.8 Å². The number of nitrogen functional groups attached to an aromatic ring is 1. The van der Waals surface area contributed by atoms with Crippen molar-refractivity contribution in [3.63, 3.8) is 0 Å². The van der Waals surface area contributed by atoms with Crippen molar-refractivity contribution < 1.29 is 14.2 Å². The first kappa shape index (κ1) is 14.0. The Bertz CT molecular complexity index is 673. The number of ether oxygens (including phenoxy) is 3. The Morgan fingerprint density at radius 2 is 2.14 bits per heavy atom. The van der Waals surface area contributed by atoms with Crippen molar-refractivity contribution in [3.8, 4) is 11.5 Å². The highest BCUT2D eigenvalue weighted by molar-refractivity contribution is 6.32. The van der Waals surface area contributed by atoms with E-state index >= 15 is 0 Å². The zero-order chi connectivity index (χ0) is 14.8. The summed E-state index contributed by atoms with van der Waals surface area (Å²) in [6, 6.07) is 9.40. The van der Waals surface area contributed by atoms with Gasteiger partial charge in [0.05, 0.1) is 11.6 Å². The normalized spacial score (nSPS) is 13.4. The maximum atomic E-state index is 6.17. The van der Waals surface area contributed by atoms with Crippen LogP contribution in [0.25, 0.3) is 0 Å². The highest BCUT2D eigenvalue weighted by atomic mass is 35.5. The van der Waals surface area contributed by atoms with Gasteiger partial charge in [-0.25, -0.2) is 0 Å². The molecule has 0 amide bonds. The monoisotopic (exact) mass is 305 g/mol. The lowest BCUT2D eigenvalue weighted by Crippen LogP contribution is -2.14. The second-order valence-electron chi connectivity index (χ2n) is 5.00. The van der Waals surface area contributed by atoms with Crippen LogP contribution in [-0.2, 0) is 18.0 Å². The van der Waals surface area contributed by atoms with Crippen molar-refractivity contribution in [2.45, 2.75) is 20.1 Å². The first-order valence-corrected chi connectivity index (χ1v) is 7.02. The molecule has 110 valence electrons. The Balaban J connectivity index is 1.83. The molecule has 0 aliphatic carbocycles. The Labute approximate surface area is 128 Å². The summed E-state index contributed by atoms with van der Waals surface area (Å²) in [5.74, 6) is 1.43. The molecule has 0 unspecified atom stereocenters. The third-order valence-corrected chi connectivity index (χ3v) is 3.58. The van der Waals surface area contributed by atoms with Crippen molar-refractivity contribution in [1.82, 2.24) is 0 Å². The summed E-state index contributed by atoms with van der Waals surface area (Å²) in [6.07, 6.45) is 0. The molecule has 4 nitrogen and oxygen atoms in total. The van der Waals surface area contributed by atoms with Gasteiger partial charge in [0, 0.05) is 16.8 Å². The minimum Gasteiger partial charge on any atom is -0.487 e. The molecule has 2 N–H and O–H groups in total. The van der Waals surface area contributed by atoms with Crippen LogP contribution in [0.2, 0.25) is 5.02 Å². The molecule has 2 aromatic rings. The van der Waals surface area contributed by atoms with Crippen LogP contribution < -0.4 is 15.2 Å².